The highest BCUT2D eigenvalue weighted by Gasteiger charge is 2.27. The van der Waals surface area contributed by atoms with E-state index >= 15 is 0 Å². The maximum atomic E-state index is 12.3. The summed E-state index contributed by atoms with van der Waals surface area (Å²) in [6.07, 6.45) is -5.02. The third-order valence-corrected chi connectivity index (χ3v) is 3.30. The molecule has 0 spiro atoms. The molecule has 0 heterocycles. The Balaban J connectivity index is 1.94. The lowest BCUT2D eigenvalue weighted by atomic mass is 10.1. The van der Waals surface area contributed by atoms with Gasteiger partial charge in [0.2, 0.25) is 0 Å². The van der Waals surface area contributed by atoms with E-state index in [1.807, 2.05) is 0 Å². The molecule has 0 atom stereocenters. The largest absolute Gasteiger partial charge is 0.453 e. The fourth-order valence-corrected chi connectivity index (χ4v) is 2.08. The molecule has 0 bridgehead atoms. The SMILES string of the molecule is COC(=O)Nc1cccc(NC(=O)c2ccc(COCC(F)(F)F)cc2)c1. The van der Waals surface area contributed by atoms with Crippen LogP contribution in [0.25, 0.3) is 0 Å². The van der Waals surface area contributed by atoms with Gasteiger partial charge < -0.3 is 14.8 Å². The van der Waals surface area contributed by atoms with E-state index in [4.69, 9.17) is 0 Å². The highest BCUT2D eigenvalue weighted by atomic mass is 19.4. The Morgan fingerprint density at radius 2 is 1.63 bits per heavy atom. The van der Waals surface area contributed by atoms with E-state index in [2.05, 4.69) is 20.1 Å². The Labute approximate surface area is 153 Å². The number of carbonyl (C=O) groups excluding carboxylic acids is 2. The lowest BCUT2D eigenvalue weighted by molar-refractivity contribution is -0.176. The van der Waals surface area contributed by atoms with Crippen molar-refractivity contribution in [2.75, 3.05) is 24.4 Å². The molecular formula is C18H17F3N2O4. The summed E-state index contributed by atoms with van der Waals surface area (Å²) < 4.78 is 45.2. The topological polar surface area (TPSA) is 76.7 Å². The zero-order chi connectivity index (χ0) is 19.9. The first-order valence-electron chi connectivity index (χ1n) is 7.76. The molecule has 6 nitrogen and oxygen atoms in total. The Bertz CT molecular complexity index is 792. The van der Waals surface area contributed by atoms with Gasteiger partial charge in [0.05, 0.1) is 13.7 Å². The highest BCUT2D eigenvalue weighted by molar-refractivity contribution is 6.04. The van der Waals surface area contributed by atoms with Gasteiger partial charge in [-0.05, 0) is 35.9 Å². The molecule has 27 heavy (non-hydrogen) atoms. The molecule has 2 rings (SSSR count). The van der Waals surface area contributed by atoms with Crippen LogP contribution in [0, 0.1) is 0 Å². The summed E-state index contributed by atoms with van der Waals surface area (Å²) in [5, 5.41) is 5.14. The van der Waals surface area contributed by atoms with Crippen LogP contribution in [0.2, 0.25) is 0 Å². The van der Waals surface area contributed by atoms with Crippen LogP contribution in [-0.2, 0) is 16.1 Å². The average molecular weight is 382 g/mol. The van der Waals surface area contributed by atoms with Gasteiger partial charge in [0.15, 0.2) is 0 Å². The van der Waals surface area contributed by atoms with Crippen molar-refractivity contribution < 1.29 is 32.2 Å². The minimum absolute atomic E-state index is 0.206. The molecule has 2 aromatic carbocycles. The van der Waals surface area contributed by atoms with E-state index in [1.54, 1.807) is 24.3 Å². The van der Waals surface area contributed by atoms with Crippen LogP contribution in [0.15, 0.2) is 48.5 Å². The summed E-state index contributed by atoms with van der Waals surface area (Å²) in [5.74, 6) is -0.409. The Morgan fingerprint density at radius 3 is 2.22 bits per heavy atom. The fraction of sp³-hybridized carbons (Fsp3) is 0.222. The second-order valence-electron chi connectivity index (χ2n) is 5.46. The Hall–Kier alpha value is -3.07. The standard InChI is InChI=1S/C18H17F3N2O4/c1-26-17(25)23-15-4-2-3-14(9-15)22-16(24)13-7-5-12(6-8-13)10-27-11-18(19,20)21/h2-9H,10-11H2,1H3,(H,22,24)(H,23,25). The summed E-state index contributed by atoms with van der Waals surface area (Å²) in [5.41, 5.74) is 1.73. The van der Waals surface area contributed by atoms with Gasteiger partial charge in [-0.25, -0.2) is 4.79 Å². The van der Waals surface area contributed by atoms with Crippen LogP contribution in [0.3, 0.4) is 0 Å². The van der Waals surface area contributed by atoms with Gasteiger partial charge in [-0.3, -0.25) is 10.1 Å². The van der Waals surface area contributed by atoms with Gasteiger partial charge >= 0.3 is 12.3 Å². The molecule has 2 N–H and O–H groups in total. The van der Waals surface area contributed by atoms with Crippen molar-refractivity contribution in [2.24, 2.45) is 0 Å². The van der Waals surface area contributed by atoms with E-state index in [0.29, 0.717) is 22.5 Å². The number of anilines is 2. The van der Waals surface area contributed by atoms with Crippen molar-refractivity contribution in [1.29, 1.82) is 0 Å². The summed E-state index contributed by atoms with van der Waals surface area (Å²) in [7, 11) is 1.23. The van der Waals surface area contributed by atoms with E-state index in [1.165, 1.54) is 31.4 Å². The number of hydrogen-bond donors (Lipinski definition) is 2. The predicted molar refractivity (Wildman–Crippen MR) is 92.6 cm³/mol. The number of rotatable bonds is 6. The summed E-state index contributed by atoms with van der Waals surface area (Å²) in [6, 6.07) is 12.5. The molecule has 9 heteroatoms. The van der Waals surface area contributed by atoms with E-state index in [9.17, 15) is 22.8 Å². The van der Waals surface area contributed by atoms with E-state index < -0.39 is 24.8 Å². The molecule has 0 unspecified atom stereocenters. The molecule has 2 aromatic rings. The first-order valence-corrected chi connectivity index (χ1v) is 7.76. The smallest absolute Gasteiger partial charge is 0.411 e. The number of amides is 2. The van der Waals surface area contributed by atoms with Crippen LogP contribution in [-0.4, -0.2) is 31.9 Å². The summed E-state index contributed by atoms with van der Waals surface area (Å²) >= 11 is 0. The normalized spacial score (nSPS) is 11.0. The lowest BCUT2D eigenvalue weighted by Crippen LogP contribution is -2.16. The van der Waals surface area contributed by atoms with Crippen LogP contribution < -0.4 is 10.6 Å². The second-order valence-corrected chi connectivity index (χ2v) is 5.46. The maximum Gasteiger partial charge on any atom is 0.411 e. The number of nitrogens with one attached hydrogen (secondary N) is 2. The fourth-order valence-electron chi connectivity index (χ4n) is 2.08. The van der Waals surface area contributed by atoms with Gasteiger partial charge in [-0.15, -0.1) is 0 Å². The first-order chi connectivity index (χ1) is 12.8. The summed E-state index contributed by atoms with van der Waals surface area (Å²) in [6.45, 7) is -1.53. The van der Waals surface area contributed by atoms with Crippen molar-refractivity contribution in [3.63, 3.8) is 0 Å². The van der Waals surface area contributed by atoms with E-state index in [-0.39, 0.29) is 6.61 Å². The van der Waals surface area contributed by atoms with Gasteiger partial charge in [-0.1, -0.05) is 18.2 Å². The molecule has 0 aromatic heterocycles. The molecular weight excluding hydrogens is 365 g/mol. The number of methoxy groups -OCH3 is 1. The molecule has 0 fully saturated rings. The number of ether oxygens (including phenoxy) is 2. The molecule has 144 valence electrons. The number of benzene rings is 2. The van der Waals surface area contributed by atoms with E-state index in [0.717, 1.165) is 0 Å². The zero-order valence-corrected chi connectivity index (χ0v) is 14.3. The van der Waals surface area contributed by atoms with Crippen molar-refractivity contribution in [3.8, 4) is 0 Å². The molecule has 0 saturated heterocycles. The third kappa shape index (κ3) is 6.98. The average Bonchev–Trinajstić information content (AvgIpc) is 2.61. The molecule has 0 radical (unpaired) electrons. The third-order valence-electron chi connectivity index (χ3n) is 3.30. The van der Waals surface area contributed by atoms with Crippen molar-refractivity contribution in [2.45, 2.75) is 12.8 Å². The number of halogens is 3. The van der Waals surface area contributed by atoms with Crippen molar-refractivity contribution in [3.05, 3.63) is 59.7 Å². The summed E-state index contributed by atoms with van der Waals surface area (Å²) in [4.78, 5) is 23.5. The second kappa shape index (κ2) is 9.04. The van der Waals surface area contributed by atoms with Crippen molar-refractivity contribution in [1.82, 2.24) is 0 Å². The zero-order valence-electron chi connectivity index (χ0n) is 14.3. The minimum Gasteiger partial charge on any atom is -0.453 e. The lowest BCUT2D eigenvalue weighted by Gasteiger charge is -2.09. The van der Waals surface area contributed by atoms with Crippen LogP contribution >= 0.6 is 0 Å². The van der Waals surface area contributed by atoms with Crippen LogP contribution in [0.5, 0.6) is 0 Å². The maximum absolute atomic E-state index is 12.3. The van der Waals surface area contributed by atoms with Crippen LogP contribution in [0.1, 0.15) is 15.9 Å². The molecule has 0 aliphatic heterocycles. The number of alkyl halides is 3. The molecule has 0 aliphatic rings. The monoisotopic (exact) mass is 382 g/mol. The quantitative estimate of drug-likeness (QED) is 0.785. The first kappa shape index (κ1) is 20.2. The van der Waals surface area contributed by atoms with Gasteiger partial charge in [-0.2, -0.15) is 13.2 Å². The minimum atomic E-state index is -4.38. The highest BCUT2D eigenvalue weighted by Crippen LogP contribution is 2.18. The predicted octanol–water partition coefficient (Wildman–Crippen LogP) is 4.20. The van der Waals surface area contributed by atoms with Gasteiger partial charge in [0.25, 0.3) is 5.91 Å². The molecule has 0 saturated carbocycles. The van der Waals surface area contributed by atoms with Gasteiger partial charge in [0, 0.05) is 16.9 Å². The van der Waals surface area contributed by atoms with Gasteiger partial charge in [0.1, 0.15) is 6.61 Å². The Morgan fingerprint density at radius 1 is 1.00 bits per heavy atom. The Kier molecular flexibility index (Phi) is 6.78. The number of hydrogen-bond acceptors (Lipinski definition) is 4. The number of carbonyl (C=O) groups is 2. The van der Waals surface area contributed by atoms with Crippen molar-refractivity contribution >= 4 is 23.4 Å². The molecule has 0 aliphatic carbocycles. The van der Waals surface area contributed by atoms with Crippen LogP contribution in [0.4, 0.5) is 29.3 Å². The molecule has 2 amide bonds.